The van der Waals surface area contributed by atoms with Gasteiger partial charge in [-0.15, -0.1) is 0 Å². The number of hydrogen-bond donors (Lipinski definition) is 7. The quantitative estimate of drug-likeness (QED) is 0.274. The summed E-state index contributed by atoms with van der Waals surface area (Å²) in [6, 6.07) is 0. The van der Waals surface area contributed by atoms with Gasteiger partial charge < -0.3 is 35.7 Å². The molecular formula is C27H42O9. The van der Waals surface area contributed by atoms with Crippen molar-refractivity contribution in [1.29, 1.82) is 0 Å². The van der Waals surface area contributed by atoms with Gasteiger partial charge in [-0.2, -0.15) is 0 Å². The lowest BCUT2D eigenvalue weighted by Crippen LogP contribution is -2.62. The normalized spacial score (nSPS) is 46.4. The number of aliphatic hydroxyl groups excluding tert-OH is 3. The van der Waals surface area contributed by atoms with Crippen molar-refractivity contribution < 1.29 is 45.3 Å². The maximum atomic E-state index is 13.3. The zero-order valence-electron chi connectivity index (χ0n) is 21.6. The van der Waals surface area contributed by atoms with Crippen LogP contribution in [0.1, 0.15) is 79.1 Å². The van der Waals surface area contributed by atoms with Gasteiger partial charge in [0.25, 0.3) is 0 Å². The molecule has 3 saturated carbocycles. The van der Waals surface area contributed by atoms with E-state index in [0.717, 1.165) is 6.92 Å². The molecule has 0 spiro atoms. The summed E-state index contributed by atoms with van der Waals surface area (Å²) in [4.78, 5) is 24.5. The van der Waals surface area contributed by atoms with Crippen LogP contribution in [0.25, 0.3) is 0 Å². The smallest absolute Gasteiger partial charge is 0.335 e. The Morgan fingerprint density at radius 3 is 2.36 bits per heavy atom. The lowest BCUT2D eigenvalue weighted by atomic mass is 9.45. The fourth-order valence-corrected chi connectivity index (χ4v) is 8.36. The van der Waals surface area contributed by atoms with Gasteiger partial charge in [0.2, 0.25) is 0 Å². The van der Waals surface area contributed by atoms with E-state index in [9.17, 15) is 45.3 Å². The topological polar surface area (TPSA) is 176 Å². The van der Waals surface area contributed by atoms with Gasteiger partial charge in [-0.1, -0.05) is 13.8 Å². The van der Waals surface area contributed by atoms with Crippen molar-refractivity contribution in [2.45, 2.75) is 114 Å². The molecule has 0 aromatic rings. The largest absolute Gasteiger partial charge is 0.479 e. The van der Waals surface area contributed by atoms with Crippen molar-refractivity contribution in [2.75, 3.05) is 0 Å². The van der Waals surface area contributed by atoms with Gasteiger partial charge in [-0.05, 0) is 94.1 Å². The van der Waals surface area contributed by atoms with E-state index in [1.807, 2.05) is 13.8 Å². The number of carbonyl (C=O) groups excluding carboxylic acids is 1. The molecule has 3 fully saturated rings. The van der Waals surface area contributed by atoms with Crippen molar-refractivity contribution in [3.05, 3.63) is 11.6 Å². The first kappa shape index (κ1) is 27.7. The third kappa shape index (κ3) is 3.81. The Hall–Kier alpha value is -1.36. The average Bonchev–Trinajstić information content (AvgIpc) is 3.06. The van der Waals surface area contributed by atoms with Gasteiger partial charge in [0.1, 0.15) is 0 Å². The molecule has 204 valence electrons. The second kappa shape index (κ2) is 8.58. The second-order valence-corrected chi connectivity index (χ2v) is 13.0. The lowest BCUT2D eigenvalue weighted by Gasteiger charge is -2.60. The van der Waals surface area contributed by atoms with E-state index in [0.29, 0.717) is 31.3 Å². The van der Waals surface area contributed by atoms with Crippen molar-refractivity contribution in [3.8, 4) is 0 Å². The number of aliphatic hydroxyl groups is 6. The molecule has 4 aliphatic rings. The highest BCUT2D eigenvalue weighted by molar-refractivity contribution is 5.95. The minimum absolute atomic E-state index is 0.138. The summed E-state index contributed by atoms with van der Waals surface area (Å²) in [6.45, 7) is 6.50. The molecule has 0 aromatic heterocycles. The summed E-state index contributed by atoms with van der Waals surface area (Å²) in [5.74, 6) is -2.68. The van der Waals surface area contributed by atoms with Crippen LogP contribution in [0.3, 0.4) is 0 Å². The molecule has 0 amide bonds. The van der Waals surface area contributed by atoms with Gasteiger partial charge in [0, 0.05) is 11.3 Å². The van der Waals surface area contributed by atoms with Crippen LogP contribution in [-0.4, -0.2) is 82.6 Å². The van der Waals surface area contributed by atoms with Gasteiger partial charge in [0.15, 0.2) is 11.4 Å². The summed E-state index contributed by atoms with van der Waals surface area (Å²) in [5.41, 5.74) is -5.92. The predicted octanol–water partition coefficient (Wildman–Crippen LogP) is 0.919. The van der Waals surface area contributed by atoms with E-state index in [1.165, 1.54) is 13.0 Å². The van der Waals surface area contributed by atoms with Crippen molar-refractivity contribution in [1.82, 2.24) is 0 Å². The number of hydrogen-bond acceptors (Lipinski definition) is 8. The Balaban J connectivity index is 1.63. The maximum Gasteiger partial charge on any atom is 0.335 e. The zero-order chi connectivity index (χ0) is 27.1. The molecule has 0 aromatic carbocycles. The first-order chi connectivity index (χ1) is 16.4. The number of carboxylic acids is 1. The number of carbonyl (C=O) groups is 2. The summed E-state index contributed by atoms with van der Waals surface area (Å²) in [5, 5.41) is 74.6. The van der Waals surface area contributed by atoms with Crippen molar-refractivity contribution in [2.24, 2.45) is 28.6 Å². The maximum absolute atomic E-state index is 13.3. The molecule has 2 unspecified atom stereocenters. The summed E-state index contributed by atoms with van der Waals surface area (Å²) in [6.07, 6.45) is 0.246. The molecule has 0 bridgehead atoms. The molecule has 7 N–H and O–H groups in total. The molecule has 0 heterocycles. The Morgan fingerprint density at radius 1 is 1.11 bits per heavy atom. The Kier molecular flexibility index (Phi) is 6.59. The van der Waals surface area contributed by atoms with E-state index in [4.69, 9.17) is 0 Å². The van der Waals surface area contributed by atoms with Gasteiger partial charge >= 0.3 is 5.97 Å². The van der Waals surface area contributed by atoms with Crippen LogP contribution in [0.5, 0.6) is 0 Å². The molecule has 9 heteroatoms. The molecular weight excluding hydrogens is 468 g/mol. The third-order valence-electron chi connectivity index (χ3n) is 10.9. The molecule has 9 nitrogen and oxygen atoms in total. The average molecular weight is 511 g/mol. The van der Waals surface area contributed by atoms with E-state index in [-0.39, 0.29) is 37.4 Å². The highest BCUT2D eigenvalue weighted by Crippen LogP contribution is 2.68. The Morgan fingerprint density at radius 2 is 1.75 bits per heavy atom. The van der Waals surface area contributed by atoms with E-state index < -0.39 is 63.8 Å². The van der Waals surface area contributed by atoms with E-state index >= 15 is 0 Å². The van der Waals surface area contributed by atoms with Gasteiger partial charge in [-0.25, -0.2) is 4.79 Å². The summed E-state index contributed by atoms with van der Waals surface area (Å²) < 4.78 is 0. The van der Waals surface area contributed by atoms with Gasteiger partial charge in [-0.3, -0.25) is 4.79 Å². The molecule has 4 rings (SSSR count). The Labute approximate surface area is 211 Å². The predicted molar refractivity (Wildman–Crippen MR) is 129 cm³/mol. The van der Waals surface area contributed by atoms with Crippen LogP contribution in [0.15, 0.2) is 11.6 Å². The van der Waals surface area contributed by atoms with Crippen LogP contribution >= 0.6 is 0 Å². The molecule has 11 atom stereocenters. The van der Waals surface area contributed by atoms with Gasteiger partial charge in [0.05, 0.1) is 29.5 Å². The molecule has 0 aliphatic heterocycles. The fourth-order valence-electron chi connectivity index (χ4n) is 8.36. The number of carboxylic acid groups (broad SMARTS) is 1. The first-order valence-corrected chi connectivity index (χ1v) is 13.1. The highest BCUT2D eigenvalue weighted by atomic mass is 16.4. The standard InChI is InChI=1S/C27H42O9/c1-23-13-19(30)18(29)12-16(23)17(28)11-15-14(23)5-8-24(2)20(6-10-27(15,24)36)26(4,35)21(31)7-9-25(3,34)22(32)33/h11,14,16,18-21,29-31,34-36H,5-10,12-13H2,1-4H3,(H,32,33)/t14-,16-,18+,19-,20-,21+,23+,24+,25?,26?,27+/m0/s1. The minimum atomic E-state index is -2.03. The highest BCUT2D eigenvalue weighted by Gasteiger charge is 2.69. The molecule has 0 saturated heterocycles. The fraction of sp³-hybridized carbons (Fsp3) is 0.852. The van der Waals surface area contributed by atoms with Crippen molar-refractivity contribution >= 4 is 11.8 Å². The minimum Gasteiger partial charge on any atom is -0.479 e. The zero-order valence-corrected chi connectivity index (χ0v) is 21.6. The Bertz CT molecular complexity index is 957. The van der Waals surface area contributed by atoms with Crippen LogP contribution in [0.4, 0.5) is 0 Å². The summed E-state index contributed by atoms with van der Waals surface area (Å²) >= 11 is 0. The van der Waals surface area contributed by atoms with Crippen LogP contribution in [0.2, 0.25) is 0 Å². The number of fused-ring (bicyclic) bond motifs is 5. The van der Waals surface area contributed by atoms with Crippen LogP contribution in [0, 0.1) is 28.6 Å². The number of rotatable bonds is 6. The van der Waals surface area contributed by atoms with Crippen LogP contribution in [-0.2, 0) is 9.59 Å². The first-order valence-electron chi connectivity index (χ1n) is 13.1. The second-order valence-electron chi connectivity index (χ2n) is 13.0. The van der Waals surface area contributed by atoms with E-state index in [2.05, 4.69) is 0 Å². The number of ketones is 1. The molecule has 4 aliphatic carbocycles. The number of aliphatic carboxylic acids is 1. The SMILES string of the molecule is CC(O)(CC[C@@H](O)C(C)(O)[C@H]1CC[C@@]2(O)C3=CC(=O)[C@@H]4C[C@@H](O)[C@@H](O)C[C@]4(C)[C@H]3CC[C@]12C)C(=O)O. The summed E-state index contributed by atoms with van der Waals surface area (Å²) in [7, 11) is 0. The monoisotopic (exact) mass is 510 g/mol. The number of allylic oxidation sites excluding steroid dienone is 1. The van der Waals surface area contributed by atoms with E-state index in [1.54, 1.807) is 0 Å². The molecule has 0 radical (unpaired) electrons. The lowest BCUT2D eigenvalue weighted by molar-refractivity contribution is -0.178. The third-order valence-corrected chi connectivity index (χ3v) is 10.9. The van der Waals surface area contributed by atoms with Crippen molar-refractivity contribution in [3.63, 3.8) is 0 Å². The molecule has 36 heavy (non-hydrogen) atoms. The van der Waals surface area contributed by atoms with Crippen LogP contribution < -0.4 is 0 Å².